The third kappa shape index (κ3) is 3.35. The molecule has 0 saturated carbocycles. The minimum atomic E-state index is -0.268. The molecule has 0 bridgehead atoms. The molecule has 1 aliphatic heterocycles. The van der Waals surface area contributed by atoms with Crippen molar-refractivity contribution >= 4 is 11.8 Å². The van der Waals surface area contributed by atoms with Crippen molar-refractivity contribution in [3.63, 3.8) is 0 Å². The fourth-order valence-electron chi connectivity index (χ4n) is 3.06. The highest BCUT2D eigenvalue weighted by molar-refractivity contribution is 7.99. The molecule has 128 valence electrons. The Kier molecular flexibility index (Phi) is 4.96. The number of hydrogen-bond donors (Lipinski definition) is 0. The van der Waals surface area contributed by atoms with E-state index in [1.165, 1.54) is 18.2 Å². The lowest BCUT2D eigenvalue weighted by molar-refractivity contribution is 0.206. The van der Waals surface area contributed by atoms with Crippen LogP contribution in [0.15, 0.2) is 39.9 Å². The summed E-state index contributed by atoms with van der Waals surface area (Å²) in [5.41, 5.74) is 2.80. The first kappa shape index (κ1) is 17.0. The molecular weight excluding hydrogens is 322 g/mol. The maximum Gasteiger partial charge on any atom is 0.330 e. The molecule has 5 nitrogen and oxygen atoms in total. The Bertz CT molecular complexity index is 839. The van der Waals surface area contributed by atoms with Crippen LogP contribution in [0.25, 0.3) is 0 Å². The second-order valence-electron chi connectivity index (χ2n) is 6.35. The van der Waals surface area contributed by atoms with E-state index in [0.29, 0.717) is 12.6 Å². The van der Waals surface area contributed by atoms with Gasteiger partial charge in [-0.25, -0.2) is 4.79 Å². The van der Waals surface area contributed by atoms with Crippen molar-refractivity contribution in [1.29, 1.82) is 0 Å². The number of hydrogen-bond acceptors (Lipinski definition) is 4. The van der Waals surface area contributed by atoms with Gasteiger partial charge in [0.2, 0.25) is 0 Å². The molecule has 24 heavy (non-hydrogen) atoms. The minimum Gasteiger partial charge on any atom is -0.299 e. The van der Waals surface area contributed by atoms with Crippen LogP contribution in [0.2, 0.25) is 0 Å². The Hall–Kier alpha value is -1.79. The van der Waals surface area contributed by atoms with Crippen LogP contribution in [-0.4, -0.2) is 32.1 Å². The molecule has 1 aromatic heterocycles. The molecule has 2 aromatic rings. The summed E-state index contributed by atoms with van der Waals surface area (Å²) in [5, 5.41) is 0. The largest absolute Gasteiger partial charge is 0.330 e. The molecular formula is C18H23N3O2S. The maximum atomic E-state index is 12.1. The predicted octanol–water partition coefficient (Wildman–Crippen LogP) is 1.68. The number of thioether (sulfide) groups is 1. The van der Waals surface area contributed by atoms with Crippen LogP contribution >= 0.6 is 11.8 Å². The van der Waals surface area contributed by atoms with E-state index in [1.807, 2.05) is 11.8 Å². The fourth-order valence-corrected chi connectivity index (χ4v) is 4.22. The Morgan fingerprint density at radius 2 is 1.83 bits per heavy atom. The third-order valence-corrected chi connectivity index (χ3v) is 5.71. The van der Waals surface area contributed by atoms with Crippen molar-refractivity contribution in [2.45, 2.75) is 19.5 Å². The van der Waals surface area contributed by atoms with Crippen LogP contribution in [0.5, 0.6) is 0 Å². The van der Waals surface area contributed by atoms with Gasteiger partial charge < -0.3 is 0 Å². The molecule has 0 amide bonds. The van der Waals surface area contributed by atoms with Crippen LogP contribution in [0.1, 0.15) is 22.9 Å². The molecule has 3 rings (SSSR count). The van der Waals surface area contributed by atoms with Crippen LogP contribution in [0.4, 0.5) is 0 Å². The zero-order chi connectivity index (χ0) is 17.3. The SMILES string of the molecule is Cc1ccc([C@@H]2CSCCN2Cc2cc(=O)n(C)c(=O)n2C)cc1. The standard InChI is InChI=1S/C18H23N3O2S/c1-13-4-6-14(7-5-13)16-12-24-9-8-21(16)11-15-10-17(22)20(3)18(23)19(15)2/h4-7,10,16H,8-9,11-12H2,1-3H3/t16-/m0/s1. The van der Waals surface area contributed by atoms with Gasteiger partial charge >= 0.3 is 5.69 Å². The summed E-state index contributed by atoms with van der Waals surface area (Å²) in [5.74, 6) is 2.10. The van der Waals surface area contributed by atoms with Crippen LogP contribution < -0.4 is 11.2 Å². The highest BCUT2D eigenvalue weighted by Crippen LogP contribution is 2.30. The molecule has 1 aromatic carbocycles. The monoisotopic (exact) mass is 345 g/mol. The van der Waals surface area contributed by atoms with Gasteiger partial charge in [0.05, 0.1) is 0 Å². The first-order valence-electron chi connectivity index (χ1n) is 8.11. The average Bonchev–Trinajstić information content (AvgIpc) is 2.59. The minimum absolute atomic E-state index is 0.244. The quantitative estimate of drug-likeness (QED) is 0.849. The molecule has 6 heteroatoms. The van der Waals surface area contributed by atoms with Crippen molar-refractivity contribution in [2.75, 3.05) is 18.1 Å². The summed E-state index contributed by atoms with van der Waals surface area (Å²) in [6.45, 7) is 3.65. The van der Waals surface area contributed by atoms with Crippen molar-refractivity contribution in [1.82, 2.24) is 14.0 Å². The smallest absolute Gasteiger partial charge is 0.299 e. The van der Waals surface area contributed by atoms with Crippen LogP contribution in [-0.2, 0) is 20.6 Å². The Morgan fingerprint density at radius 1 is 1.12 bits per heavy atom. The summed E-state index contributed by atoms with van der Waals surface area (Å²) < 4.78 is 2.72. The van der Waals surface area contributed by atoms with Crippen molar-refractivity contribution < 1.29 is 0 Å². The van der Waals surface area contributed by atoms with Gasteiger partial charge in [-0.05, 0) is 12.5 Å². The maximum absolute atomic E-state index is 12.1. The zero-order valence-electron chi connectivity index (χ0n) is 14.4. The molecule has 1 fully saturated rings. The first-order valence-corrected chi connectivity index (χ1v) is 9.27. The fraction of sp³-hybridized carbons (Fsp3) is 0.444. The summed E-state index contributed by atoms with van der Waals surface area (Å²) >= 11 is 1.95. The summed E-state index contributed by atoms with van der Waals surface area (Å²) in [6.07, 6.45) is 0. The molecule has 2 heterocycles. The second kappa shape index (κ2) is 6.99. The van der Waals surface area contributed by atoms with Gasteiger partial charge in [-0.1, -0.05) is 29.8 Å². The highest BCUT2D eigenvalue weighted by atomic mass is 32.2. The number of aryl methyl sites for hydroxylation is 1. The molecule has 0 spiro atoms. The lowest BCUT2D eigenvalue weighted by Gasteiger charge is -2.36. The van der Waals surface area contributed by atoms with E-state index in [4.69, 9.17) is 0 Å². The molecule has 0 unspecified atom stereocenters. The topological polar surface area (TPSA) is 47.2 Å². The summed E-state index contributed by atoms with van der Waals surface area (Å²) in [4.78, 5) is 26.5. The van der Waals surface area contributed by atoms with Gasteiger partial charge in [0, 0.05) is 56.5 Å². The number of aromatic nitrogens is 2. The summed E-state index contributed by atoms with van der Waals surface area (Å²) in [6, 6.07) is 10.5. The number of rotatable bonds is 3. The number of nitrogens with zero attached hydrogens (tertiary/aromatic N) is 3. The van der Waals surface area contributed by atoms with Gasteiger partial charge in [-0.2, -0.15) is 11.8 Å². The first-order chi connectivity index (χ1) is 11.5. The van der Waals surface area contributed by atoms with Crippen molar-refractivity contribution in [3.05, 3.63) is 68.0 Å². The van der Waals surface area contributed by atoms with E-state index in [1.54, 1.807) is 17.7 Å². The Balaban J connectivity index is 1.91. The van der Waals surface area contributed by atoms with E-state index < -0.39 is 0 Å². The molecule has 1 atom stereocenters. The van der Waals surface area contributed by atoms with Crippen LogP contribution in [0, 0.1) is 6.92 Å². The number of benzene rings is 1. The Morgan fingerprint density at radius 3 is 2.54 bits per heavy atom. The Labute approximate surface area is 145 Å². The van der Waals surface area contributed by atoms with Crippen LogP contribution in [0.3, 0.4) is 0 Å². The molecule has 0 aliphatic carbocycles. The molecule has 1 aliphatic rings. The lowest BCUT2D eigenvalue weighted by Crippen LogP contribution is -2.41. The summed E-state index contributed by atoms with van der Waals surface area (Å²) in [7, 11) is 3.25. The van der Waals surface area contributed by atoms with Gasteiger partial charge in [-0.15, -0.1) is 0 Å². The van der Waals surface area contributed by atoms with Crippen molar-refractivity contribution in [2.24, 2.45) is 14.1 Å². The van der Waals surface area contributed by atoms with E-state index in [9.17, 15) is 9.59 Å². The average molecular weight is 345 g/mol. The second-order valence-corrected chi connectivity index (χ2v) is 7.50. The predicted molar refractivity (Wildman–Crippen MR) is 98.6 cm³/mol. The molecule has 0 N–H and O–H groups in total. The van der Waals surface area contributed by atoms with Gasteiger partial charge in [0.15, 0.2) is 0 Å². The van der Waals surface area contributed by atoms with Gasteiger partial charge in [-0.3, -0.25) is 18.8 Å². The van der Waals surface area contributed by atoms with E-state index in [0.717, 1.165) is 28.3 Å². The zero-order valence-corrected chi connectivity index (χ0v) is 15.2. The van der Waals surface area contributed by atoms with E-state index in [2.05, 4.69) is 36.1 Å². The third-order valence-electron chi connectivity index (χ3n) is 4.69. The van der Waals surface area contributed by atoms with Gasteiger partial charge in [0.25, 0.3) is 5.56 Å². The normalized spacial score (nSPS) is 18.7. The van der Waals surface area contributed by atoms with Gasteiger partial charge in [0.1, 0.15) is 0 Å². The lowest BCUT2D eigenvalue weighted by atomic mass is 10.0. The van der Waals surface area contributed by atoms with E-state index >= 15 is 0 Å². The molecule has 0 radical (unpaired) electrons. The highest BCUT2D eigenvalue weighted by Gasteiger charge is 2.25. The molecule has 1 saturated heterocycles. The van der Waals surface area contributed by atoms with E-state index in [-0.39, 0.29) is 11.2 Å². The van der Waals surface area contributed by atoms with Crippen molar-refractivity contribution in [3.8, 4) is 0 Å².